The van der Waals surface area contributed by atoms with E-state index in [1.165, 1.54) is 0 Å². The van der Waals surface area contributed by atoms with E-state index < -0.39 is 0 Å². The Bertz CT molecular complexity index is 559. The fourth-order valence-electron chi connectivity index (χ4n) is 1.99. The minimum atomic E-state index is -0.144. The molecule has 0 saturated carbocycles. The molecule has 0 amide bonds. The van der Waals surface area contributed by atoms with Crippen molar-refractivity contribution in [1.29, 1.82) is 0 Å². The van der Waals surface area contributed by atoms with Gasteiger partial charge in [-0.05, 0) is 42.2 Å². The summed E-state index contributed by atoms with van der Waals surface area (Å²) < 4.78 is 4.92. The van der Waals surface area contributed by atoms with Gasteiger partial charge in [-0.1, -0.05) is 48.0 Å². The lowest BCUT2D eigenvalue weighted by Gasteiger charge is -2.05. The summed E-state index contributed by atoms with van der Waals surface area (Å²) in [7, 11) is 0. The molecule has 2 aromatic rings. The molecule has 0 N–H and O–H groups in total. The van der Waals surface area contributed by atoms with Crippen LogP contribution in [-0.4, -0.2) is 12.6 Å². The van der Waals surface area contributed by atoms with Crippen LogP contribution < -0.4 is 0 Å². The van der Waals surface area contributed by atoms with E-state index >= 15 is 0 Å². The molecule has 0 aliphatic heterocycles. The number of carbonyl (C=O) groups is 1. The van der Waals surface area contributed by atoms with Gasteiger partial charge in [0.1, 0.15) is 0 Å². The minimum absolute atomic E-state index is 0.144. The number of esters is 1. The van der Waals surface area contributed by atoms with E-state index in [4.69, 9.17) is 16.3 Å². The highest BCUT2D eigenvalue weighted by atomic mass is 35.5. The van der Waals surface area contributed by atoms with Gasteiger partial charge in [-0.2, -0.15) is 0 Å². The van der Waals surface area contributed by atoms with Crippen molar-refractivity contribution in [3.05, 3.63) is 59.1 Å². The van der Waals surface area contributed by atoms with Crippen LogP contribution in [0.15, 0.2) is 48.5 Å². The molecule has 0 fully saturated rings. The zero-order valence-electron chi connectivity index (χ0n) is 11.4. The van der Waals surface area contributed by atoms with Crippen molar-refractivity contribution in [3.8, 4) is 11.1 Å². The summed E-state index contributed by atoms with van der Waals surface area (Å²) in [6.07, 6.45) is 1.13. The normalized spacial score (nSPS) is 10.3. The van der Waals surface area contributed by atoms with Gasteiger partial charge in [-0.25, -0.2) is 0 Å². The van der Waals surface area contributed by atoms with Crippen molar-refractivity contribution in [1.82, 2.24) is 0 Å². The summed E-state index contributed by atoms with van der Waals surface area (Å²) in [5, 5.41) is 0.736. The minimum Gasteiger partial charge on any atom is -0.466 e. The number of hydrogen-bond donors (Lipinski definition) is 0. The van der Waals surface area contributed by atoms with E-state index in [0.717, 1.165) is 21.7 Å². The molecule has 20 heavy (non-hydrogen) atoms. The summed E-state index contributed by atoms with van der Waals surface area (Å²) in [6, 6.07) is 16.0. The average Bonchev–Trinajstić information content (AvgIpc) is 2.47. The second-order valence-corrected chi connectivity index (χ2v) is 4.95. The number of hydrogen-bond acceptors (Lipinski definition) is 2. The Labute approximate surface area is 124 Å². The lowest BCUT2D eigenvalue weighted by Crippen LogP contribution is -2.05. The monoisotopic (exact) mass is 288 g/mol. The van der Waals surface area contributed by atoms with E-state index in [2.05, 4.69) is 12.1 Å². The highest BCUT2D eigenvalue weighted by molar-refractivity contribution is 6.30. The first-order valence-corrected chi connectivity index (χ1v) is 7.07. The number of ether oxygens (including phenoxy) is 1. The Kier molecular flexibility index (Phi) is 5.19. The van der Waals surface area contributed by atoms with E-state index in [-0.39, 0.29) is 5.97 Å². The molecule has 2 nitrogen and oxygen atoms in total. The first-order valence-electron chi connectivity index (χ1n) is 6.69. The maximum atomic E-state index is 11.3. The Balaban J connectivity index is 1.99. The molecule has 2 rings (SSSR count). The van der Waals surface area contributed by atoms with Crippen LogP contribution in [0.2, 0.25) is 5.02 Å². The van der Waals surface area contributed by atoms with Crippen LogP contribution in [0.1, 0.15) is 18.9 Å². The first kappa shape index (κ1) is 14.6. The van der Waals surface area contributed by atoms with E-state index in [1.54, 1.807) is 0 Å². The van der Waals surface area contributed by atoms with Crippen LogP contribution in [0.3, 0.4) is 0 Å². The number of benzene rings is 2. The molecule has 0 unspecified atom stereocenters. The summed E-state index contributed by atoms with van der Waals surface area (Å²) >= 11 is 5.88. The quantitative estimate of drug-likeness (QED) is 0.757. The Hall–Kier alpha value is -1.80. The molecule has 0 heterocycles. The van der Waals surface area contributed by atoms with Gasteiger partial charge in [0.2, 0.25) is 0 Å². The van der Waals surface area contributed by atoms with Gasteiger partial charge < -0.3 is 4.74 Å². The number of aryl methyl sites for hydroxylation is 1. The van der Waals surface area contributed by atoms with Gasteiger partial charge in [0.15, 0.2) is 0 Å². The van der Waals surface area contributed by atoms with Gasteiger partial charge in [0, 0.05) is 11.4 Å². The average molecular weight is 289 g/mol. The third kappa shape index (κ3) is 4.10. The first-order chi connectivity index (χ1) is 9.69. The topological polar surface area (TPSA) is 26.3 Å². The summed E-state index contributed by atoms with van der Waals surface area (Å²) in [5.41, 5.74) is 3.41. The predicted octanol–water partition coefficient (Wildman–Crippen LogP) is 4.50. The Morgan fingerprint density at radius 2 is 1.55 bits per heavy atom. The number of rotatable bonds is 5. The van der Waals surface area contributed by atoms with Crippen LogP contribution in [-0.2, 0) is 16.0 Å². The Morgan fingerprint density at radius 3 is 2.10 bits per heavy atom. The molecule has 104 valence electrons. The van der Waals surface area contributed by atoms with Gasteiger partial charge in [-0.15, -0.1) is 0 Å². The zero-order chi connectivity index (χ0) is 14.4. The number of carbonyl (C=O) groups excluding carboxylic acids is 1. The van der Waals surface area contributed by atoms with Crippen molar-refractivity contribution < 1.29 is 9.53 Å². The fraction of sp³-hybridized carbons (Fsp3) is 0.235. The summed E-state index contributed by atoms with van der Waals surface area (Å²) in [4.78, 5) is 11.3. The molecule has 0 atom stereocenters. The van der Waals surface area contributed by atoms with Crippen LogP contribution >= 0.6 is 11.6 Å². The van der Waals surface area contributed by atoms with Crippen molar-refractivity contribution >= 4 is 17.6 Å². The van der Waals surface area contributed by atoms with Gasteiger partial charge >= 0.3 is 5.97 Å². The van der Waals surface area contributed by atoms with Crippen LogP contribution in [0.25, 0.3) is 11.1 Å². The fourth-order valence-corrected chi connectivity index (χ4v) is 2.11. The van der Waals surface area contributed by atoms with Crippen LogP contribution in [0.5, 0.6) is 0 Å². The van der Waals surface area contributed by atoms with Crippen molar-refractivity contribution in [2.75, 3.05) is 6.61 Å². The predicted molar refractivity (Wildman–Crippen MR) is 81.8 cm³/mol. The standard InChI is InChI=1S/C17H17ClO2/c1-2-20-17(19)12-5-13-3-6-14(7-4-13)15-8-10-16(18)11-9-15/h3-4,6-11H,2,5,12H2,1H3. The molecule has 0 aromatic heterocycles. The smallest absolute Gasteiger partial charge is 0.306 e. The summed E-state index contributed by atoms with van der Waals surface area (Å²) in [6.45, 7) is 2.26. The molecule has 0 bridgehead atoms. The van der Waals surface area contributed by atoms with Crippen LogP contribution in [0, 0.1) is 0 Å². The van der Waals surface area contributed by atoms with E-state index in [9.17, 15) is 4.79 Å². The molecular formula is C17H17ClO2. The molecule has 0 saturated heterocycles. The van der Waals surface area contributed by atoms with Gasteiger partial charge in [0.25, 0.3) is 0 Å². The molecule has 0 aliphatic carbocycles. The molecule has 0 aliphatic rings. The van der Waals surface area contributed by atoms with E-state index in [0.29, 0.717) is 19.4 Å². The van der Waals surface area contributed by atoms with Crippen molar-refractivity contribution in [3.63, 3.8) is 0 Å². The third-order valence-corrected chi connectivity index (χ3v) is 3.31. The molecule has 2 aromatic carbocycles. The second kappa shape index (κ2) is 7.11. The second-order valence-electron chi connectivity index (χ2n) is 4.51. The molecular weight excluding hydrogens is 272 g/mol. The maximum absolute atomic E-state index is 11.3. The molecule has 0 spiro atoms. The van der Waals surface area contributed by atoms with Crippen LogP contribution in [0.4, 0.5) is 0 Å². The largest absolute Gasteiger partial charge is 0.466 e. The lowest BCUT2D eigenvalue weighted by atomic mass is 10.0. The van der Waals surface area contributed by atoms with Crippen molar-refractivity contribution in [2.45, 2.75) is 19.8 Å². The highest BCUT2D eigenvalue weighted by Crippen LogP contribution is 2.22. The summed E-state index contributed by atoms with van der Waals surface area (Å²) in [5.74, 6) is -0.144. The van der Waals surface area contributed by atoms with Gasteiger partial charge in [-0.3, -0.25) is 4.79 Å². The maximum Gasteiger partial charge on any atom is 0.306 e. The molecule has 3 heteroatoms. The zero-order valence-corrected chi connectivity index (χ0v) is 12.2. The van der Waals surface area contributed by atoms with Crippen molar-refractivity contribution in [2.24, 2.45) is 0 Å². The SMILES string of the molecule is CCOC(=O)CCc1ccc(-c2ccc(Cl)cc2)cc1. The molecule has 0 radical (unpaired) electrons. The van der Waals surface area contributed by atoms with E-state index in [1.807, 2.05) is 43.3 Å². The third-order valence-electron chi connectivity index (χ3n) is 3.05. The van der Waals surface area contributed by atoms with Gasteiger partial charge in [0.05, 0.1) is 6.61 Å². The number of halogens is 1. The Morgan fingerprint density at radius 1 is 1.00 bits per heavy atom. The lowest BCUT2D eigenvalue weighted by molar-refractivity contribution is -0.143. The highest BCUT2D eigenvalue weighted by Gasteiger charge is 2.03.